The number of hydrogen-bond donors (Lipinski definition) is 2. The lowest BCUT2D eigenvalue weighted by Gasteiger charge is -2.07. The van der Waals surface area contributed by atoms with E-state index in [2.05, 4.69) is 10.0 Å². The van der Waals surface area contributed by atoms with Crippen LogP contribution in [0.1, 0.15) is 11.3 Å². The molecule has 0 atom stereocenters. The third-order valence-corrected chi connectivity index (χ3v) is 4.34. The molecule has 1 aromatic carbocycles. The minimum Gasteiger partial charge on any atom is -0.446 e. The maximum atomic E-state index is 11.5. The zero-order valence-corrected chi connectivity index (χ0v) is 12.6. The molecule has 2 rings (SSSR count). The van der Waals surface area contributed by atoms with Crippen LogP contribution in [-0.2, 0) is 16.6 Å². The second-order valence-corrected chi connectivity index (χ2v) is 6.31. The first kappa shape index (κ1) is 15.4. The number of furan rings is 1. The molecule has 0 aliphatic carbocycles. The van der Waals surface area contributed by atoms with Gasteiger partial charge in [-0.1, -0.05) is 11.6 Å². The highest BCUT2D eigenvalue weighted by atomic mass is 35.5. The molecule has 0 fully saturated rings. The smallest absolute Gasteiger partial charge is 0.273 e. The van der Waals surface area contributed by atoms with Crippen molar-refractivity contribution in [3.8, 4) is 6.07 Å². The third kappa shape index (κ3) is 3.55. The number of nitriles is 1. The van der Waals surface area contributed by atoms with Crippen LogP contribution in [0.2, 0.25) is 5.02 Å². The molecule has 21 heavy (non-hydrogen) atoms. The Labute approximate surface area is 127 Å². The van der Waals surface area contributed by atoms with Crippen LogP contribution in [-0.4, -0.2) is 15.5 Å². The quantitative estimate of drug-likeness (QED) is 0.879. The second kappa shape index (κ2) is 6.18. The molecule has 0 saturated carbocycles. The van der Waals surface area contributed by atoms with E-state index < -0.39 is 10.0 Å². The van der Waals surface area contributed by atoms with Crippen LogP contribution in [0.5, 0.6) is 0 Å². The first-order valence-corrected chi connectivity index (χ1v) is 7.78. The van der Waals surface area contributed by atoms with Crippen molar-refractivity contribution >= 4 is 27.3 Å². The van der Waals surface area contributed by atoms with Gasteiger partial charge >= 0.3 is 0 Å². The number of sulfonamides is 1. The fraction of sp³-hybridized carbons (Fsp3) is 0.154. The van der Waals surface area contributed by atoms with Crippen molar-refractivity contribution < 1.29 is 12.8 Å². The van der Waals surface area contributed by atoms with Crippen LogP contribution in [0.4, 0.5) is 5.69 Å². The van der Waals surface area contributed by atoms with Crippen LogP contribution in [0, 0.1) is 11.3 Å². The highest BCUT2D eigenvalue weighted by Crippen LogP contribution is 2.24. The Hall–Kier alpha value is -2.01. The van der Waals surface area contributed by atoms with Gasteiger partial charge in [0.25, 0.3) is 10.0 Å². The first-order valence-electron chi connectivity index (χ1n) is 5.92. The normalized spacial score (nSPS) is 11.1. The molecule has 0 bridgehead atoms. The number of nitrogens with zero attached hydrogens (tertiary/aromatic N) is 1. The molecule has 0 spiro atoms. The third-order valence-electron chi connectivity index (χ3n) is 2.72. The van der Waals surface area contributed by atoms with E-state index in [-0.39, 0.29) is 11.6 Å². The van der Waals surface area contributed by atoms with Crippen LogP contribution < -0.4 is 10.0 Å². The molecular formula is C13H12ClN3O3S. The SMILES string of the molecule is CNS(=O)(=O)c1ccc(CNc2cc(C#N)ccc2Cl)o1. The highest BCUT2D eigenvalue weighted by molar-refractivity contribution is 7.89. The van der Waals surface area contributed by atoms with Gasteiger partial charge in [-0.2, -0.15) is 5.26 Å². The van der Waals surface area contributed by atoms with Crippen molar-refractivity contribution in [1.82, 2.24) is 4.72 Å². The Bertz CT molecular complexity index is 793. The largest absolute Gasteiger partial charge is 0.446 e. The number of benzene rings is 1. The monoisotopic (exact) mass is 325 g/mol. The molecule has 0 saturated heterocycles. The molecule has 1 aromatic heterocycles. The Morgan fingerprint density at radius 3 is 2.76 bits per heavy atom. The van der Waals surface area contributed by atoms with Gasteiger partial charge in [-0.3, -0.25) is 0 Å². The average molecular weight is 326 g/mol. The van der Waals surface area contributed by atoms with E-state index in [9.17, 15) is 8.42 Å². The van der Waals surface area contributed by atoms with E-state index in [1.807, 2.05) is 6.07 Å². The fourth-order valence-electron chi connectivity index (χ4n) is 1.61. The van der Waals surface area contributed by atoms with Gasteiger partial charge in [0.2, 0.25) is 5.09 Å². The molecule has 0 amide bonds. The van der Waals surface area contributed by atoms with E-state index in [0.29, 0.717) is 22.0 Å². The Kier molecular flexibility index (Phi) is 4.53. The predicted molar refractivity (Wildman–Crippen MR) is 78.4 cm³/mol. The standard InChI is InChI=1S/C13H12ClN3O3S/c1-16-21(18,19)13-5-3-10(20-13)8-17-12-6-9(7-15)2-4-11(12)14/h2-6,16-17H,8H2,1H3. The molecule has 0 radical (unpaired) electrons. The van der Waals surface area contributed by atoms with Gasteiger partial charge < -0.3 is 9.73 Å². The topological polar surface area (TPSA) is 95.1 Å². The summed E-state index contributed by atoms with van der Waals surface area (Å²) in [6, 6.07) is 9.77. The van der Waals surface area contributed by atoms with Gasteiger partial charge in [0.15, 0.2) is 0 Å². The molecule has 8 heteroatoms. The summed E-state index contributed by atoms with van der Waals surface area (Å²) >= 11 is 6.01. The van der Waals surface area contributed by atoms with Gasteiger partial charge in [0, 0.05) is 0 Å². The summed E-state index contributed by atoms with van der Waals surface area (Å²) in [5.74, 6) is 0.433. The Balaban J connectivity index is 2.13. The Morgan fingerprint density at radius 2 is 2.10 bits per heavy atom. The van der Waals surface area contributed by atoms with Crippen molar-refractivity contribution in [2.24, 2.45) is 0 Å². The van der Waals surface area contributed by atoms with Crippen molar-refractivity contribution in [3.63, 3.8) is 0 Å². The highest BCUT2D eigenvalue weighted by Gasteiger charge is 2.16. The lowest BCUT2D eigenvalue weighted by atomic mass is 10.2. The van der Waals surface area contributed by atoms with Crippen LogP contribution in [0.25, 0.3) is 0 Å². The molecule has 2 N–H and O–H groups in total. The zero-order chi connectivity index (χ0) is 15.5. The number of rotatable bonds is 5. The number of halogens is 1. The summed E-state index contributed by atoms with van der Waals surface area (Å²) in [4.78, 5) is 0. The summed E-state index contributed by atoms with van der Waals surface area (Å²) in [6.45, 7) is 0.244. The van der Waals surface area contributed by atoms with Crippen molar-refractivity contribution in [2.75, 3.05) is 12.4 Å². The van der Waals surface area contributed by atoms with Crippen LogP contribution >= 0.6 is 11.6 Å². The summed E-state index contributed by atoms with van der Waals surface area (Å²) in [5, 5.41) is 12.1. The maximum Gasteiger partial charge on any atom is 0.273 e. The summed E-state index contributed by atoms with van der Waals surface area (Å²) in [5.41, 5.74) is 1.05. The molecule has 6 nitrogen and oxygen atoms in total. The summed E-state index contributed by atoms with van der Waals surface area (Å²) in [7, 11) is -2.28. The van der Waals surface area contributed by atoms with Crippen molar-refractivity contribution in [1.29, 1.82) is 5.26 Å². The lowest BCUT2D eigenvalue weighted by Crippen LogP contribution is -2.17. The predicted octanol–water partition coefficient (Wildman–Crippen LogP) is 2.32. The minimum atomic E-state index is -3.59. The summed E-state index contributed by atoms with van der Waals surface area (Å²) < 4.78 is 30.5. The van der Waals surface area contributed by atoms with E-state index in [1.165, 1.54) is 13.1 Å². The van der Waals surface area contributed by atoms with E-state index >= 15 is 0 Å². The van der Waals surface area contributed by atoms with Crippen LogP contribution in [0.3, 0.4) is 0 Å². The number of nitrogens with one attached hydrogen (secondary N) is 2. The van der Waals surface area contributed by atoms with Gasteiger partial charge in [-0.25, -0.2) is 13.1 Å². The lowest BCUT2D eigenvalue weighted by molar-refractivity contribution is 0.417. The Morgan fingerprint density at radius 1 is 1.33 bits per heavy atom. The number of anilines is 1. The van der Waals surface area contributed by atoms with Crippen LogP contribution in [0.15, 0.2) is 39.8 Å². The molecule has 1 heterocycles. The second-order valence-electron chi connectivity index (χ2n) is 4.09. The average Bonchev–Trinajstić information content (AvgIpc) is 2.96. The molecule has 0 aliphatic rings. The molecule has 2 aromatic rings. The maximum absolute atomic E-state index is 11.5. The molecule has 0 aliphatic heterocycles. The minimum absolute atomic E-state index is 0.154. The number of hydrogen-bond acceptors (Lipinski definition) is 5. The zero-order valence-electron chi connectivity index (χ0n) is 11.1. The van der Waals surface area contributed by atoms with Crippen molar-refractivity contribution in [2.45, 2.75) is 11.6 Å². The summed E-state index contributed by atoms with van der Waals surface area (Å²) in [6.07, 6.45) is 0. The first-order chi connectivity index (χ1) is 9.96. The van der Waals surface area contributed by atoms with E-state index in [1.54, 1.807) is 24.3 Å². The molecule has 110 valence electrons. The van der Waals surface area contributed by atoms with E-state index in [0.717, 1.165) is 0 Å². The van der Waals surface area contributed by atoms with Gasteiger partial charge in [0.1, 0.15) is 5.76 Å². The van der Waals surface area contributed by atoms with Crippen molar-refractivity contribution in [3.05, 3.63) is 46.7 Å². The molecular weight excluding hydrogens is 314 g/mol. The molecule has 0 unspecified atom stereocenters. The van der Waals surface area contributed by atoms with Gasteiger partial charge in [-0.15, -0.1) is 0 Å². The fourth-order valence-corrected chi connectivity index (χ4v) is 2.46. The van der Waals surface area contributed by atoms with Gasteiger partial charge in [0.05, 0.1) is 28.9 Å². The van der Waals surface area contributed by atoms with E-state index in [4.69, 9.17) is 21.3 Å². The van der Waals surface area contributed by atoms with Gasteiger partial charge in [-0.05, 0) is 37.4 Å².